The average Bonchev–Trinajstić information content (AvgIpc) is 2.85. The van der Waals surface area contributed by atoms with Gasteiger partial charge in [-0.25, -0.2) is 9.82 Å². The SMILES string of the molecule is O=C(Cc1ccc(F)cc1)N/N=C/c1c(OCc2cccc([N+](=O)[O-])c2)ccc2ccccc12. The van der Waals surface area contributed by atoms with Gasteiger partial charge in [-0.05, 0) is 40.1 Å². The van der Waals surface area contributed by atoms with Crippen molar-refractivity contribution < 1.29 is 18.8 Å². The van der Waals surface area contributed by atoms with Crippen LogP contribution in [0.5, 0.6) is 5.75 Å². The molecule has 0 heterocycles. The van der Waals surface area contributed by atoms with Crippen LogP contribution in [-0.4, -0.2) is 17.0 Å². The Hall–Kier alpha value is -4.59. The Morgan fingerprint density at radius 3 is 2.59 bits per heavy atom. The van der Waals surface area contributed by atoms with Crippen LogP contribution in [0.1, 0.15) is 16.7 Å². The van der Waals surface area contributed by atoms with Crippen LogP contribution in [0.2, 0.25) is 0 Å². The number of hydrazone groups is 1. The minimum Gasteiger partial charge on any atom is -0.488 e. The number of hydrogen-bond donors (Lipinski definition) is 1. The van der Waals surface area contributed by atoms with E-state index in [1.165, 1.54) is 30.5 Å². The van der Waals surface area contributed by atoms with Crippen LogP contribution in [0.25, 0.3) is 10.8 Å². The summed E-state index contributed by atoms with van der Waals surface area (Å²) < 4.78 is 19.0. The molecule has 0 saturated heterocycles. The number of nitro benzene ring substituents is 1. The molecule has 4 aromatic carbocycles. The second-order valence-corrected chi connectivity index (χ2v) is 7.51. The molecule has 0 aliphatic rings. The summed E-state index contributed by atoms with van der Waals surface area (Å²) in [4.78, 5) is 22.8. The number of halogens is 1. The summed E-state index contributed by atoms with van der Waals surface area (Å²) >= 11 is 0. The van der Waals surface area contributed by atoms with Crippen molar-refractivity contribution in [1.82, 2.24) is 5.43 Å². The molecule has 0 fully saturated rings. The highest BCUT2D eigenvalue weighted by Gasteiger charge is 2.10. The molecule has 0 saturated carbocycles. The van der Waals surface area contributed by atoms with Gasteiger partial charge >= 0.3 is 0 Å². The van der Waals surface area contributed by atoms with E-state index in [2.05, 4.69) is 10.5 Å². The van der Waals surface area contributed by atoms with Gasteiger partial charge in [0.15, 0.2) is 0 Å². The zero-order valence-electron chi connectivity index (χ0n) is 18.0. The number of carbonyl (C=O) groups excluding carboxylic acids is 1. The largest absolute Gasteiger partial charge is 0.488 e. The number of rotatable bonds is 8. The minimum atomic E-state index is -0.452. The molecular weight excluding hydrogens is 437 g/mol. The van der Waals surface area contributed by atoms with Crippen LogP contribution in [-0.2, 0) is 17.8 Å². The number of carbonyl (C=O) groups is 1. The van der Waals surface area contributed by atoms with E-state index in [0.29, 0.717) is 22.4 Å². The second-order valence-electron chi connectivity index (χ2n) is 7.51. The molecule has 1 amide bonds. The molecule has 170 valence electrons. The first kappa shape index (κ1) is 22.6. The first-order valence-electron chi connectivity index (χ1n) is 10.4. The molecule has 8 heteroatoms. The predicted molar refractivity (Wildman–Crippen MR) is 127 cm³/mol. The molecule has 0 unspecified atom stereocenters. The molecule has 4 aromatic rings. The minimum absolute atomic E-state index is 0.00901. The summed E-state index contributed by atoms with van der Waals surface area (Å²) in [6.45, 7) is 0.123. The molecule has 0 aliphatic carbocycles. The van der Waals surface area contributed by atoms with E-state index in [-0.39, 0.29) is 30.4 Å². The number of fused-ring (bicyclic) bond motifs is 1. The first-order valence-corrected chi connectivity index (χ1v) is 10.4. The van der Waals surface area contributed by atoms with Crippen molar-refractivity contribution in [3.05, 3.63) is 118 Å². The third kappa shape index (κ3) is 5.60. The van der Waals surface area contributed by atoms with Crippen LogP contribution in [0.15, 0.2) is 90.0 Å². The van der Waals surface area contributed by atoms with E-state index in [1.807, 2.05) is 30.3 Å². The molecule has 1 N–H and O–H groups in total. The quantitative estimate of drug-likeness (QED) is 0.225. The number of amides is 1. The zero-order valence-corrected chi connectivity index (χ0v) is 18.0. The van der Waals surface area contributed by atoms with Crippen molar-refractivity contribution in [2.75, 3.05) is 0 Å². The lowest BCUT2D eigenvalue weighted by Gasteiger charge is -2.12. The fourth-order valence-corrected chi connectivity index (χ4v) is 3.45. The maximum absolute atomic E-state index is 13.0. The Morgan fingerprint density at radius 1 is 1.00 bits per heavy atom. The van der Waals surface area contributed by atoms with E-state index in [9.17, 15) is 19.3 Å². The molecule has 0 aromatic heterocycles. The highest BCUT2D eigenvalue weighted by atomic mass is 19.1. The lowest BCUT2D eigenvalue weighted by atomic mass is 10.0. The summed E-state index contributed by atoms with van der Waals surface area (Å²) in [6, 6.07) is 23.3. The third-order valence-electron chi connectivity index (χ3n) is 5.11. The Kier molecular flexibility index (Phi) is 6.88. The fourth-order valence-electron chi connectivity index (χ4n) is 3.45. The number of non-ortho nitro benzene ring substituents is 1. The molecule has 7 nitrogen and oxygen atoms in total. The van der Waals surface area contributed by atoms with Gasteiger partial charge in [-0.15, -0.1) is 0 Å². The number of ether oxygens (including phenoxy) is 1. The highest BCUT2D eigenvalue weighted by molar-refractivity contribution is 6.02. The first-order chi connectivity index (χ1) is 16.5. The number of nitrogens with one attached hydrogen (secondary N) is 1. The normalized spacial score (nSPS) is 11.0. The fraction of sp³-hybridized carbons (Fsp3) is 0.0769. The van der Waals surface area contributed by atoms with Gasteiger partial charge in [-0.3, -0.25) is 14.9 Å². The van der Waals surface area contributed by atoms with Crippen molar-refractivity contribution in [3.63, 3.8) is 0 Å². The topological polar surface area (TPSA) is 93.8 Å². The lowest BCUT2D eigenvalue weighted by Crippen LogP contribution is -2.19. The summed E-state index contributed by atoms with van der Waals surface area (Å²) in [5, 5.41) is 17.0. The molecule has 0 bridgehead atoms. The summed E-state index contributed by atoms with van der Waals surface area (Å²) in [5.41, 5.74) is 4.45. The number of hydrogen-bond acceptors (Lipinski definition) is 5. The Labute approximate surface area is 194 Å². The Morgan fingerprint density at radius 2 is 1.79 bits per heavy atom. The van der Waals surface area contributed by atoms with Crippen molar-refractivity contribution in [1.29, 1.82) is 0 Å². The molecular formula is C26H20FN3O4. The van der Waals surface area contributed by atoms with Crippen LogP contribution < -0.4 is 10.2 Å². The van der Waals surface area contributed by atoms with Crippen LogP contribution in [0, 0.1) is 15.9 Å². The molecule has 0 spiro atoms. The molecule has 0 aliphatic heterocycles. The molecule has 0 radical (unpaired) electrons. The zero-order chi connectivity index (χ0) is 23.9. The van der Waals surface area contributed by atoms with Crippen molar-refractivity contribution in [3.8, 4) is 5.75 Å². The lowest BCUT2D eigenvalue weighted by molar-refractivity contribution is -0.384. The average molecular weight is 457 g/mol. The van der Waals surface area contributed by atoms with Gasteiger partial charge < -0.3 is 4.74 Å². The molecule has 34 heavy (non-hydrogen) atoms. The standard InChI is InChI=1S/C26H20FN3O4/c27-21-11-8-18(9-12-21)15-26(31)29-28-16-24-23-7-2-1-5-20(23)10-13-25(24)34-17-19-4-3-6-22(14-19)30(32)33/h1-14,16H,15,17H2,(H,29,31)/b28-16+. The van der Waals surface area contributed by atoms with Gasteiger partial charge in [0.25, 0.3) is 5.69 Å². The Bertz CT molecular complexity index is 1370. The summed E-state index contributed by atoms with van der Waals surface area (Å²) in [7, 11) is 0. The van der Waals surface area contributed by atoms with Gasteiger partial charge in [-0.1, -0.05) is 54.6 Å². The van der Waals surface area contributed by atoms with E-state index in [0.717, 1.165) is 10.8 Å². The molecule has 4 rings (SSSR count). The molecule has 0 atom stereocenters. The van der Waals surface area contributed by atoms with E-state index < -0.39 is 4.92 Å². The maximum atomic E-state index is 13.0. The monoisotopic (exact) mass is 457 g/mol. The van der Waals surface area contributed by atoms with Gasteiger partial charge in [0.05, 0.1) is 17.6 Å². The van der Waals surface area contributed by atoms with Gasteiger partial charge in [0, 0.05) is 17.7 Å². The predicted octanol–water partition coefficient (Wildman–Crippen LogP) is 5.16. The maximum Gasteiger partial charge on any atom is 0.269 e. The van der Waals surface area contributed by atoms with Crippen LogP contribution in [0.3, 0.4) is 0 Å². The van der Waals surface area contributed by atoms with Crippen molar-refractivity contribution in [2.45, 2.75) is 13.0 Å². The van der Waals surface area contributed by atoms with Crippen molar-refractivity contribution in [2.24, 2.45) is 5.10 Å². The number of nitro groups is 1. The summed E-state index contributed by atoms with van der Waals surface area (Å²) in [6.07, 6.45) is 1.57. The third-order valence-corrected chi connectivity index (χ3v) is 5.11. The number of benzene rings is 4. The number of nitrogens with zero attached hydrogens (tertiary/aromatic N) is 2. The second kappa shape index (κ2) is 10.4. The Balaban J connectivity index is 1.52. The van der Waals surface area contributed by atoms with Gasteiger partial charge in [0.2, 0.25) is 5.91 Å². The van der Waals surface area contributed by atoms with E-state index in [1.54, 1.807) is 30.3 Å². The van der Waals surface area contributed by atoms with E-state index >= 15 is 0 Å². The highest BCUT2D eigenvalue weighted by Crippen LogP contribution is 2.27. The van der Waals surface area contributed by atoms with E-state index in [4.69, 9.17) is 4.74 Å². The van der Waals surface area contributed by atoms with Gasteiger partial charge in [-0.2, -0.15) is 5.10 Å². The van der Waals surface area contributed by atoms with Crippen LogP contribution >= 0.6 is 0 Å². The van der Waals surface area contributed by atoms with Crippen molar-refractivity contribution >= 4 is 28.6 Å². The van der Waals surface area contributed by atoms with Gasteiger partial charge in [0.1, 0.15) is 18.2 Å². The smallest absolute Gasteiger partial charge is 0.269 e. The van der Waals surface area contributed by atoms with Crippen LogP contribution in [0.4, 0.5) is 10.1 Å². The summed E-state index contributed by atoms with van der Waals surface area (Å²) in [5.74, 6) is -0.195.